The van der Waals surface area contributed by atoms with Gasteiger partial charge in [-0.05, 0) is 49.4 Å². The van der Waals surface area contributed by atoms with Crippen LogP contribution in [0.25, 0.3) is 0 Å². The number of nitrogens with two attached hydrogens (primary N) is 2. The zero-order chi connectivity index (χ0) is 16.2. The molecule has 0 radical (unpaired) electrons. The Balaban J connectivity index is 1.81. The summed E-state index contributed by atoms with van der Waals surface area (Å²) >= 11 is 0. The predicted molar refractivity (Wildman–Crippen MR) is 94.8 cm³/mol. The molecule has 23 heavy (non-hydrogen) atoms. The molecule has 0 aliphatic carbocycles. The van der Waals surface area contributed by atoms with Crippen LogP contribution in [-0.4, -0.2) is 32.0 Å². The Bertz CT molecular complexity index is 689. The number of benzene rings is 2. The van der Waals surface area contributed by atoms with Crippen molar-refractivity contribution >= 4 is 22.8 Å². The topological polar surface area (TPSA) is 84.4 Å². The molecule has 1 fully saturated rings. The predicted octanol–water partition coefficient (Wildman–Crippen LogP) is 1.88. The number of rotatable bonds is 3. The minimum Gasteiger partial charge on any atom is -0.397 e. The smallest absolute Gasteiger partial charge is 0.195 e. The van der Waals surface area contributed by atoms with E-state index in [2.05, 4.69) is 10.2 Å². The first-order chi connectivity index (χ1) is 11.2. The van der Waals surface area contributed by atoms with E-state index in [0.29, 0.717) is 22.5 Å². The van der Waals surface area contributed by atoms with Gasteiger partial charge in [0.25, 0.3) is 0 Å². The van der Waals surface area contributed by atoms with Crippen LogP contribution in [0.3, 0.4) is 0 Å². The van der Waals surface area contributed by atoms with Gasteiger partial charge < -0.3 is 21.7 Å². The van der Waals surface area contributed by atoms with Crippen molar-refractivity contribution in [2.75, 3.05) is 42.5 Å². The van der Waals surface area contributed by atoms with E-state index in [1.165, 1.54) is 0 Å². The van der Waals surface area contributed by atoms with Crippen LogP contribution in [0.15, 0.2) is 42.5 Å². The lowest BCUT2D eigenvalue weighted by molar-refractivity contribution is 0.103. The Labute approximate surface area is 136 Å². The summed E-state index contributed by atoms with van der Waals surface area (Å²) in [6.45, 7) is 4.06. The summed E-state index contributed by atoms with van der Waals surface area (Å²) in [4.78, 5) is 14.9. The summed E-state index contributed by atoms with van der Waals surface area (Å²) in [5, 5.41) is 3.39. The number of nitrogens with zero attached hydrogens (tertiary/aromatic N) is 1. The third-order valence-electron chi connectivity index (χ3n) is 4.22. The van der Waals surface area contributed by atoms with Gasteiger partial charge in [-0.3, -0.25) is 4.79 Å². The molecule has 0 unspecified atom stereocenters. The van der Waals surface area contributed by atoms with Crippen molar-refractivity contribution in [2.45, 2.75) is 6.42 Å². The van der Waals surface area contributed by atoms with Gasteiger partial charge in [-0.15, -0.1) is 0 Å². The van der Waals surface area contributed by atoms with E-state index in [1.54, 1.807) is 18.2 Å². The molecular weight excluding hydrogens is 288 g/mol. The molecule has 0 aromatic heterocycles. The van der Waals surface area contributed by atoms with E-state index < -0.39 is 0 Å². The zero-order valence-electron chi connectivity index (χ0n) is 13.1. The van der Waals surface area contributed by atoms with Crippen LogP contribution in [0.2, 0.25) is 0 Å². The highest BCUT2D eigenvalue weighted by Gasteiger charge is 2.15. The van der Waals surface area contributed by atoms with Crippen LogP contribution >= 0.6 is 0 Å². The lowest BCUT2D eigenvalue weighted by Crippen LogP contribution is -2.27. The van der Waals surface area contributed by atoms with Crippen LogP contribution in [0.5, 0.6) is 0 Å². The van der Waals surface area contributed by atoms with Gasteiger partial charge in [-0.25, -0.2) is 0 Å². The van der Waals surface area contributed by atoms with E-state index in [9.17, 15) is 4.79 Å². The van der Waals surface area contributed by atoms with E-state index >= 15 is 0 Å². The summed E-state index contributed by atoms with van der Waals surface area (Å²) in [6, 6.07) is 12.9. The normalized spacial score (nSPS) is 15.2. The molecule has 2 aromatic rings. The number of carbonyl (C=O) groups is 1. The van der Waals surface area contributed by atoms with Crippen molar-refractivity contribution < 1.29 is 4.79 Å². The molecule has 3 rings (SSSR count). The Morgan fingerprint density at radius 2 is 1.78 bits per heavy atom. The van der Waals surface area contributed by atoms with E-state index in [1.807, 2.05) is 24.3 Å². The van der Waals surface area contributed by atoms with Gasteiger partial charge in [0.05, 0.1) is 11.4 Å². The first kappa shape index (κ1) is 15.4. The number of anilines is 3. The summed E-state index contributed by atoms with van der Waals surface area (Å²) in [5.41, 5.74) is 14.7. The van der Waals surface area contributed by atoms with Crippen LogP contribution in [0.1, 0.15) is 22.3 Å². The Morgan fingerprint density at radius 1 is 1.00 bits per heavy atom. The number of hydrogen-bond donors (Lipinski definition) is 3. The number of nitrogen functional groups attached to an aromatic ring is 2. The molecule has 0 atom stereocenters. The third kappa shape index (κ3) is 3.29. The molecule has 1 aliphatic heterocycles. The van der Waals surface area contributed by atoms with Crippen LogP contribution in [0.4, 0.5) is 17.1 Å². The quantitative estimate of drug-likeness (QED) is 0.595. The van der Waals surface area contributed by atoms with E-state index in [0.717, 1.165) is 38.3 Å². The number of ketones is 1. The van der Waals surface area contributed by atoms with E-state index in [-0.39, 0.29) is 5.78 Å². The number of carbonyl (C=O) groups excluding carboxylic acids is 1. The van der Waals surface area contributed by atoms with Crippen molar-refractivity contribution in [2.24, 2.45) is 0 Å². The lowest BCUT2D eigenvalue weighted by atomic mass is 10.0. The van der Waals surface area contributed by atoms with Crippen molar-refractivity contribution in [3.63, 3.8) is 0 Å². The van der Waals surface area contributed by atoms with Crippen molar-refractivity contribution in [3.8, 4) is 0 Å². The molecular formula is C18H22N4O. The Kier molecular flexibility index (Phi) is 4.48. The molecule has 5 heteroatoms. The molecule has 1 heterocycles. The summed E-state index contributed by atoms with van der Waals surface area (Å²) in [7, 11) is 0. The highest BCUT2D eigenvalue weighted by molar-refractivity contribution is 6.13. The summed E-state index contributed by atoms with van der Waals surface area (Å²) in [5.74, 6) is -0.0983. The Hall–Kier alpha value is -2.53. The maximum atomic E-state index is 12.6. The molecule has 0 amide bonds. The van der Waals surface area contributed by atoms with Crippen LogP contribution < -0.4 is 21.7 Å². The van der Waals surface area contributed by atoms with Crippen molar-refractivity contribution in [1.82, 2.24) is 5.32 Å². The molecule has 5 N–H and O–H groups in total. The van der Waals surface area contributed by atoms with Gasteiger partial charge in [-0.1, -0.05) is 6.07 Å². The van der Waals surface area contributed by atoms with Gasteiger partial charge in [-0.2, -0.15) is 0 Å². The Morgan fingerprint density at radius 3 is 2.57 bits per heavy atom. The first-order valence-electron chi connectivity index (χ1n) is 7.91. The molecule has 2 aromatic carbocycles. The largest absolute Gasteiger partial charge is 0.397 e. The fraction of sp³-hybridized carbons (Fsp3) is 0.278. The fourth-order valence-electron chi connectivity index (χ4n) is 2.86. The van der Waals surface area contributed by atoms with E-state index in [4.69, 9.17) is 11.5 Å². The van der Waals surface area contributed by atoms with Gasteiger partial charge in [0.1, 0.15) is 0 Å². The minimum atomic E-state index is -0.0983. The number of para-hydroxylation sites is 1. The molecule has 0 bridgehead atoms. The summed E-state index contributed by atoms with van der Waals surface area (Å²) < 4.78 is 0. The molecule has 1 aliphatic rings. The molecule has 1 saturated heterocycles. The summed E-state index contributed by atoms with van der Waals surface area (Å²) in [6.07, 6.45) is 1.13. The maximum absolute atomic E-state index is 12.6. The van der Waals surface area contributed by atoms with Gasteiger partial charge in [0.2, 0.25) is 0 Å². The third-order valence-corrected chi connectivity index (χ3v) is 4.22. The number of hydrogen-bond acceptors (Lipinski definition) is 5. The first-order valence-corrected chi connectivity index (χ1v) is 7.91. The second-order valence-electron chi connectivity index (χ2n) is 5.78. The second kappa shape index (κ2) is 6.71. The monoisotopic (exact) mass is 310 g/mol. The van der Waals surface area contributed by atoms with Gasteiger partial charge in [0, 0.05) is 36.4 Å². The lowest BCUT2D eigenvalue weighted by Gasteiger charge is -2.22. The molecule has 0 saturated carbocycles. The number of nitrogens with one attached hydrogen (secondary N) is 1. The van der Waals surface area contributed by atoms with Crippen molar-refractivity contribution in [1.29, 1.82) is 0 Å². The fourth-order valence-corrected chi connectivity index (χ4v) is 2.86. The zero-order valence-corrected chi connectivity index (χ0v) is 13.1. The maximum Gasteiger partial charge on any atom is 0.195 e. The average Bonchev–Trinajstić information content (AvgIpc) is 2.86. The van der Waals surface area contributed by atoms with Gasteiger partial charge >= 0.3 is 0 Å². The van der Waals surface area contributed by atoms with Crippen LogP contribution in [0, 0.1) is 0 Å². The van der Waals surface area contributed by atoms with Crippen LogP contribution in [-0.2, 0) is 0 Å². The average molecular weight is 310 g/mol. The molecule has 0 spiro atoms. The minimum absolute atomic E-state index is 0.0983. The highest BCUT2D eigenvalue weighted by atomic mass is 16.1. The van der Waals surface area contributed by atoms with Crippen molar-refractivity contribution in [3.05, 3.63) is 53.6 Å². The highest BCUT2D eigenvalue weighted by Crippen LogP contribution is 2.24. The van der Waals surface area contributed by atoms with Gasteiger partial charge in [0.15, 0.2) is 5.78 Å². The molecule has 120 valence electrons. The standard InChI is InChI=1S/C18H22N4O/c19-16-4-1-3-15(17(16)20)18(23)13-5-7-14(8-6-13)22-11-2-9-21-10-12-22/h1,3-8,21H,2,9-12,19-20H2. The molecule has 5 nitrogen and oxygen atoms in total. The second-order valence-corrected chi connectivity index (χ2v) is 5.78. The SMILES string of the molecule is Nc1cccc(C(=O)c2ccc(N3CCCNCC3)cc2)c1N.